The summed E-state index contributed by atoms with van der Waals surface area (Å²) in [6, 6.07) is 15.7. The van der Waals surface area contributed by atoms with Crippen molar-refractivity contribution in [3.63, 3.8) is 0 Å². The Morgan fingerprint density at radius 2 is 1.86 bits per heavy atom. The van der Waals surface area contributed by atoms with Crippen LogP contribution in [0.2, 0.25) is 0 Å². The predicted molar refractivity (Wildman–Crippen MR) is 83.5 cm³/mol. The minimum absolute atomic E-state index is 0.522. The summed E-state index contributed by atoms with van der Waals surface area (Å²) in [5.74, 6) is 0.560. The second-order valence-electron chi connectivity index (χ2n) is 4.90. The van der Waals surface area contributed by atoms with Gasteiger partial charge in [0.15, 0.2) is 0 Å². The van der Waals surface area contributed by atoms with Gasteiger partial charge in [-0.1, -0.05) is 18.2 Å². The van der Waals surface area contributed by atoms with Crippen molar-refractivity contribution in [3.05, 3.63) is 59.4 Å². The summed E-state index contributed by atoms with van der Waals surface area (Å²) in [4.78, 5) is 8.96. The van der Waals surface area contributed by atoms with E-state index >= 15 is 0 Å². The van der Waals surface area contributed by atoms with Gasteiger partial charge in [0, 0.05) is 11.1 Å². The van der Waals surface area contributed by atoms with E-state index < -0.39 is 0 Å². The maximum absolute atomic E-state index is 9.32. The number of aryl methyl sites for hydroxylation is 2. The standard InChI is InChI=1S/C17H14N4/c1-11-7-8-15(12(2)19-11)20-17-14(10-18)9-13-5-3-4-6-16(13)21-17/h3-9H,1-2H3,(H,20,21). The molecule has 0 atom stereocenters. The van der Waals surface area contributed by atoms with Crippen LogP contribution in [0.4, 0.5) is 11.5 Å². The third-order valence-corrected chi connectivity index (χ3v) is 3.32. The normalized spacial score (nSPS) is 10.3. The Balaban J connectivity index is 2.09. The lowest BCUT2D eigenvalue weighted by molar-refractivity contribution is 1.12. The Kier molecular flexibility index (Phi) is 3.25. The van der Waals surface area contributed by atoms with Crippen molar-refractivity contribution in [2.45, 2.75) is 13.8 Å². The van der Waals surface area contributed by atoms with E-state index in [4.69, 9.17) is 0 Å². The van der Waals surface area contributed by atoms with E-state index in [1.807, 2.05) is 56.3 Å². The van der Waals surface area contributed by atoms with Crippen LogP contribution < -0.4 is 5.32 Å². The maximum Gasteiger partial charge on any atom is 0.149 e. The zero-order valence-electron chi connectivity index (χ0n) is 11.9. The molecule has 0 aliphatic rings. The third-order valence-electron chi connectivity index (χ3n) is 3.32. The van der Waals surface area contributed by atoms with Gasteiger partial charge in [-0.3, -0.25) is 4.98 Å². The Morgan fingerprint density at radius 3 is 2.62 bits per heavy atom. The number of aromatic nitrogens is 2. The molecule has 0 saturated heterocycles. The maximum atomic E-state index is 9.32. The summed E-state index contributed by atoms with van der Waals surface area (Å²) in [7, 11) is 0. The molecule has 0 radical (unpaired) electrons. The lowest BCUT2D eigenvalue weighted by atomic mass is 10.1. The van der Waals surface area contributed by atoms with Gasteiger partial charge in [0.2, 0.25) is 0 Å². The summed E-state index contributed by atoms with van der Waals surface area (Å²) in [5.41, 5.74) is 4.09. The van der Waals surface area contributed by atoms with Gasteiger partial charge in [0.1, 0.15) is 11.9 Å². The molecule has 4 heteroatoms. The van der Waals surface area contributed by atoms with E-state index in [9.17, 15) is 5.26 Å². The van der Waals surface area contributed by atoms with E-state index in [0.29, 0.717) is 11.4 Å². The van der Waals surface area contributed by atoms with Gasteiger partial charge in [-0.15, -0.1) is 0 Å². The summed E-state index contributed by atoms with van der Waals surface area (Å²) in [5, 5.41) is 13.5. The zero-order chi connectivity index (χ0) is 14.8. The highest BCUT2D eigenvalue weighted by molar-refractivity contribution is 5.83. The highest BCUT2D eigenvalue weighted by Crippen LogP contribution is 2.24. The van der Waals surface area contributed by atoms with Gasteiger partial charge in [0.05, 0.1) is 22.5 Å². The number of nitrogens with zero attached hydrogens (tertiary/aromatic N) is 3. The smallest absolute Gasteiger partial charge is 0.149 e. The van der Waals surface area contributed by atoms with Crippen LogP contribution in [0.15, 0.2) is 42.5 Å². The van der Waals surface area contributed by atoms with Crippen molar-refractivity contribution in [2.24, 2.45) is 0 Å². The average molecular weight is 274 g/mol. The number of nitrogens with one attached hydrogen (secondary N) is 1. The topological polar surface area (TPSA) is 61.6 Å². The molecule has 0 fully saturated rings. The van der Waals surface area contributed by atoms with Gasteiger partial charge >= 0.3 is 0 Å². The van der Waals surface area contributed by atoms with Gasteiger partial charge in [-0.2, -0.15) is 5.26 Å². The molecule has 2 heterocycles. The summed E-state index contributed by atoms with van der Waals surface area (Å²) in [6.45, 7) is 3.88. The highest BCUT2D eigenvalue weighted by Gasteiger charge is 2.08. The largest absolute Gasteiger partial charge is 0.338 e. The van der Waals surface area contributed by atoms with Crippen molar-refractivity contribution in [3.8, 4) is 6.07 Å². The number of para-hydroxylation sites is 1. The highest BCUT2D eigenvalue weighted by atomic mass is 15.0. The monoisotopic (exact) mass is 274 g/mol. The van der Waals surface area contributed by atoms with Crippen molar-refractivity contribution >= 4 is 22.4 Å². The fourth-order valence-electron chi connectivity index (χ4n) is 2.24. The minimum atomic E-state index is 0.522. The van der Waals surface area contributed by atoms with Gasteiger partial charge in [0.25, 0.3) is 0 Å². The Morgan fingerprint density at radius 1 is 1.05 bits per heavy atom. The van der Waals surface area contributed by atoms with Crippen LogP contribution in [0.25, 0.3) is 10.9 Å². The van der Waals surface area contributed by atoms with Gasteiger partial charge in [-0.05, 0) is 38.1 Å². The molecule has 0 saturated carbocycles. The summed E-state index contributed by atoms with van der Waals surface area (Å²) in [6.07, 6.45) is 0. The van der Waals surface area contributed by atoms with E-state index in [0.717, 1.165) is 28.0 Å². The molecule has 3 rings (SSSR count). The molecule has 3 aromatic rings. The van der Waals surface area contributed by atoms with E-state index in [1.165, 1.54) is 0 Å². The van der Waals surface area contributed by atoms with Crippen LogP contribution >= 0.6 is 0 Å². The molecule has 4 nitrogen and oxygen atoms in total. The van der Waals surface area contributed by atoms with Crippen LogP contribution in [0.3, 0.4) is 0 Å². The fourth-order valence-corrected chi connectivity index (χ4v) is 2.24. The molecule has 0 aliphatic carbocycles. The van der Waals surface area contributed by atoms with E-state index in [1.54, 1.807) is 0 Å². The van der Waals surface area contributed by atoms with Crippen molar-refractivity contribution < 1.29 is 0 Å². The molecule has 0 spiro atoms. The number of benzene rings is 1. The quantitative estimate of drug-likeness (QED) is 0.770. The van der Waals surface area contributed by atoms with Gasteiger partial charge < -0.3 is 5.32 Å². The molecular formula is C17H14N4. The first kappa shape index (κ1) is 13.1. The second kappa shape index (κ2) is 5.22. The van der Waals surface area contributed by atoms with Crippen LogP contribution in [0.1, 0.15) is 17.0 Å². The lowest BCUT2D eigenvalue weighted by Crippen LogP contribution is -2.01. The van der Waals surface area contributed by atoms with Gasteiger partial charge in [-0.25, -0.2) is 4.98 Å². The first-order valence-corrected chi connectivity index (χ1v) is 6.68. The first-order chi connectivity index (χ1) is 10.2. The number of pyridine rings is 2. The molecule has 102 valence electrons. The molecule has 1 N–H and O–H groups in total. The van der Waals surface area contributed by atoms with Crippen molar-refractivity contribution in [1.29, 1.82) is 5.26 Å². The minimum Gasteiger partial charge on any atom is -0.338 e. The summed E-state index contributed by atoms with van der Waals surface area (Å²) < 4.78 is 0. The number of anilines is 2. The Hall–Kier alpha value is -2.93. The zero-order valence-corrected chi connectivity index (χ0v) is 11.9. The first-order valence-electron chi connectivity index (χ1n) is 6.68. The third kappa shape index (κ3) is 2.54. The molecule has 0 bridgehead atoms. The van der Waals surface area contributed by atoms with Crippen LogP contribution in [-0.2, 0) is 0 Å². The molecule has 2 aromatic heterocycles. The number of fused-ring (bicyclic) bond motifs is 1. The number of hydrogen-bond acceptors (Lipinski definition) is 4. The molecule has 1 aromatic carbocycles. The molecule has 0 unspecified atom stereocenters. The fraction of sp³-hybridized carbons (Fsp3) is 0.118. The molecule has 0 amide bonds. The van der Waals surface area contributed by atoms with E-state index in [2.05, 4.69) is 21.4 Å². The molecular weight excluding hydrogens is 260 g/mol. The Bertz CT molecular complexity index is 862. The average Bonchev–Trinajstić information content (AvgIpc) is 2.49. The second-order valence-corrected chi connectivity index (χ2v) is 4.90. The SMILES string of the molecule is Cc1ccc(Nc2nc3ccccc3cc2C#N)c(C)n1. The Labute approximate surface area is 123 Å². The van der Waals surface area contributed by atoms with Crippen LogP contribution in [-0.4, -0.2) is 9.97 Å². The van der Waals surface area contributed by atoms with Crippen LogP contribution in [0, 0.1) is 25.2 Å². The van der Waals surface area contributed by atoms with Crippen LogP contribution in [0.5, 0.6) is 0 Å². The summed E-state index contributed by atoms with van der Waals surface area (Å²) >= 11 is 0. The van der Waals surface area contributed by atoms with Crippen molar-refractivity contribution in [1.82, 2.24) is 9.97 Å². The predicted octanol–water partition coefficient (Wildman–Crippen LogP) is 3.86. The molecule has 21 heavy (non-hydrogen) atoms. The van der Waals surface area contributed by atoms with E-state index in [-0.39, 0.29) is 0 Å². The molecule has 0 aliphatic heterocycles. The number of rotatable bonds is 2. The number of hydrogen-bond donors (Lipinski definition) is 1. The lowest BCUT2D eigenvalue weighted by Gasteiger charge is -2.11. The van der Waals surface area contributed by atoms with Crippen molar-refractivity contribution in [2.75, 3.05) is 5.32 Å². The number of nitriles is 1.